The minimum absolute atomic E-state index is 0.133. The molecule has 0 unspecified atom stereocenters. The Kier molecular flexibility index (Phi) is 4.70. The van der Waals surface area contributed by atoms with Crippen LogP contribution in [0.25, 0.3) is 0 Å². The van der Waals surface area contributed by atoms with Crippen LogP contribution in [-0.2, 0) is 15.8 Å². The molecule has 0 fully saturated rings. The van der Waals surface area contributed by atoms with E-state index in [0.717, 1.165) is 24.3 Å². The van der Waals surface area contributed by atoms with Gasteiger partial charge in [-0.05, 0) is 24.3 Å². The molecule has 1 aromatic carbocycles. The van der Waals surface area contributed by atoms with Gasteiger partial charge < -0.3 is 11.1 Å². The molecular formula is C10H10F3N3O3. The van der Waals surface area contributed by atoms with Gasteiger partial charge in [0.15, 0.2) is 6.61 Å². The average molecular weight is 277 g/mol. The molecule has 0 heterocycles. The van der Waals surface area contributed by atoms with Crippen LogP contribution in [0.2, 0.25) is 0 Å². The summed E-state index contributed by atoms with van der Waals surface area (Å²) >= 11 is 0. The second kappa shape index (κ2) is 6.05. The normalized spacial score (nSPS) is 10.9. The SMILES string of the molecule is NC(=O)CONC(=O)Nc1ccc(C(F)(F)F)cc1. The number of anilines is 1. The number of halogens is 3. The van der Waals surface area contributed by atoms with Gasteiger partial charge in [0.25, 0.3) is 0 Å². The van der Waals surface area contributed by atoms with Crippen LogP contribution < -0.4 is 16.5 Å². The second-order valence-electron chi connectivity index (χ2n) is 3.39. The molecule has 1 aromatic rings. The van der Waals surface area contributed by atoms with E-state index >= 15 is 0 Å². The smallest absolute Gasteiger partial charge is 0.368 e. The summed E-state index contributed by atoms with van der Waals surface area (Å²) in [5, 5.41) is 2.20. The van der Waals surface area contributed by atoms with E-state index in [1.165, 1.54) is 0 Å². The molecule has 0 aliphatic heterocycles. The predicted octanol–water partition coefficient (Wildman–Crippen LogP) is 1.24. The summed E-state index contributed by atoms with van der Waals surface area (Å²) in [5.74, 6) is -0.783. The molecule has 6 nitrogen and oxygen atoms in total. The zero-order valence-corrected chi connectivity index (χ0v) is 9.45. The first kappa shape index (κ1) is 14.8. The van der Waals surface area contributed by atoms with Gasteiger partial charge in [-0.3, -0.25) is 9.63 Å². The van der Waals surface area contributed by atoms with E-state index in [9.17, 15) is 22.8 Å². The molecule has 0 spiro atoms. The Morgan fingerprint density at radius 3 is 2.26 bits per heavy atom. The van der Waals surface area contributed by atoms with Gasteiger partial charge in [-0.15, -0.1) is 0 Å². The van der Waals surface area contributed by atoms with Crippen molar-refractivity contribution in [3.05, 3.63) is 29.8 Å². The number of carbonyl (C=O) groups excluding carboxylic acids is 2. The number of hydroxylamine groups is 1. The van der Waals surface area contributed by atoms with Crippen LogP contribution in [0.5, 0.6) is 0 Å². The van der Waals surface area contributed by atoms with Crippen molar-refractivity contribution in [2.45, 2.75) is 6.18 Å². The Morgan fingerprint density at radius 2 is 1.79 bits per heavy atom. The molecule has 0 saturated heterocycles. The lowest BCUT2D eigenvalue weighted by Gasteiger charge is -2.09. The predicted molar refractivity (Wildman–Crippen MR) is 58.7 cm³/mol. The largest absolute Gasteiger partial charge is 0.416 e. The monoisotopic (exact) mass is 277 g/mol. The number of nitrogens with two attached hydrogens (primary N) is 1. The van der Waals surface area contributed by atoms with Gasteiger partial charge in [-0.2, -0.15) is 13.2 Å². The van der Waals surface area contributed by atoms with Gasteiger partial charge in [0.2, 0.25) is 5.91 Å². The molecule has 0 atom stereocenters. The summed E-state index contributed by atoms with van der Waals surface area (Å²) in [6.07, 6.45) is -4.44. The van der Waals surface area contributed by atoms with Crippen LogP contribution >= 0.6 is 0 Å². The molecule has 104 valence electrons. The lowest BCUT2D eigenvalue weighted by atomic mass is 10.2. The number of nitrogens with one attached hydrogen (secondary N) is 2. The molecule has 0 radical (unpaired) electrons. The average Bonchev–Trinajstić information content (AvgIpc) is 2.27. The van der Waals surface area contributed by atoms with E-state index in [-0.39, 0.29) is 5.69 Å². The van der Waals surface area contributed by atoms with Gasteiger partial charge in [-0.25, -0.2) is 10.3 Å². The number of rotatable bonds is 4. The van der Waals surface area contributed by atoms with Crippen LogP contribution in [0.3, 0.4) is 0 Å². The molecule has 3 amide bonds. The van der Waals surface area contributed by atoms with E-state index in [4.69, 9.17) is 5.73 Å². The topological polar surface area (TPSA) is 93.5 Å². The summed E-state index contributed by atoms with van der Waals surface area (Å²) in [6.45, 7) is -0.513. The molecule has 0 aromatic heterocycles. The summed E-state index contributed by atoms with van der Waals surface area (Å²) in [6, 6.07) is 2.95. The van der Waals surface area contributed by atoms with Gasteiger partial charge in [0, 0.05) is 5.69 Å². The molecule has 0 saturated carbocycles. The van der Waals surface area contributed by atoms with Crippen molar-refractivity contribution < 1.29 is 27.6 Å². The van der Waals surface area contributed by atoms with Crippen molar-refractivity contribution in [2.24, 2.45) is 5.73 Å². The van der Waals surface area contributed by atoms with E-state index in [1.54, 1.807) is 0 Å². The molecule has 0 bridgehead atoms. The highest BCUT2D eigenvalue weighted by molar-refractivity contribution is 5.88. The Labute approximate surface area is 105 Å². The lowest BCUT2D eigenvalue weighted by molar-refractivity contribution is -0.137. The molecule has 0 aliphatic rings. The minimum Gasteiger partial charge on any atom is -0.368 e. The van der Waals surface area contributed by atoms with Crippen LogP contribution in [0.15, 0.2) is 24.3 Å². The van der Waals surface area contributed by atoms with Gasteiger partial charge in [-0.1, -0.05) is 0 Å². The van der Waals surface area contributed by atoms with Crippen molar-refractivity contribution in [1.29, 1.82) is 0 Å². The van der Waals surface area contributed by atoms with Crippen LogP contribution in [0.1, 0.15) is 5.56 Å². The van der Waals surface area contributed by atoms with Gasteiger partial charge >= 0.3 is 12.2 Å². The number of urea groups is 1. The second-order valence-corrected chi connectivity index (χ2v) is 3.39. The van der Waals surface area contributed by atoms with Crippen LogP contribution in [-0.4, -0.2) is 18.5 Å². The maximum absolute atomic E-state index is 12.3. The number of carbonyl (C=O) groups is 2. The number of alkyl halides is 3. The van der Waals surface area contributed by atoms with Crippen LogP contribution in [0, 0.1) is 0 Å². The summed E-state index contributed by atoms with van der Waals surface area (Å²) in [4.78, 5) is 25.8. The van der Waals surface area contributed by atoms with Crippen molar-refractivity contribution in [3.63, 3.8) is 0 Å². The Hall–Kier alpha value is -2.29. The number of benzene rings is 1. The number of hydrogen-bond acceptors (Lipinski definition) is 3. The maximum atomic E-state index is 12.3. The highest BCUT2D eigenvalue weighted by Gasteiger charge is 2.29. The first-order valence-electron chi connectivity index (χ1n) is 4.93. The molecular weight excluding hydrogens is 267 g/mol. The van der Waals surface area contributed by atoms with Crippen molar-refractivity contribution in [3.8, 4) is 0 Å². The Bertz CT molecular complexity index is 459. The molecule has 1 rings (SSSR count). The summed E-state index contributed by atoms with van der Waals surface area (Å²) in [5.41, 5.74) is 5.88. The fraction of sp³-hybridized carbons (Fsp3) is 0.200. The van der Waals surface area contributed by atoms with Crippen molar-refractivity contribution >= 4 is 17.6 Å². The highest BCUT2D eigenvalue weighted by atomic mass is 19.4. The number of hydrogen-bond donors (Lipinski definition) is 3. The first-order chi connectivity index (χ1) is 8.79. The molecule has 0 aliphatic carbocycles. The highest BCUT2D eigenvalue weighted by Crippen LogP contribution is 2.29. The number of primary amides is 1. The third-order valence-corrected chi connectivity index (χ3v) is 1.85. The van der Waals surface area contributed by atoms with E-state index < -0.39 is 30.3 Å². The lowest BCUT2D eigenvalue weighted by Crippen LogP contribution is -2.32. The summed E-state index contributed by atoms with van der Waals surface area (Å²) in [7, 11) is 0. The molecule has 9 heteroatoms. The van der Waals surface area contributed by atoms with E-state index in [0.29, 0.717) is 0 Å². The Morgan fingerprint density at radius 1 is 1.21 bits per heavy atom. The minimum atomic E-state index is -4.44. The quantitative estimate of drug-likeness (QED) is 0.723. The van der Waals surface area contributed by atoms with Gasteiger partial charge in [0.05, 0.1) is 5.56 Å². The van der Waals surface area contributed by atoms with Crippen molar-refractivity contribution in [2.75, 3.05) is 11.9 Å². The van der Waals surface area contributed by atoms with Crippen molar-refractivity contribution in [1.82, 2.24) is 5.48 Å². The van der Waals surface area contributed by atoms with E-state index in [2.05, 4.69) is 10.2 Å². The zero-order chi connectivity index (χ0) is 14.5. The molecule has 4 N–H and O–H groups in total. The Balaban J connectivity index is 2.49. The van der Waals surface area contributed by atoms with Crippen LogP contribution in [0.4, 0.5) is 23.7 Å². The van der Waals surface area contributed by atoms with E-state index in [1.807, 2.05) is 5.48 Å². The molecule has 19 heavy (non-hydrogen) atoms. The zero-order valence-electron chi connectivity index (χ0n) is 9.45. The third kappa shape index (κ3) is 5.25. The standard InChI is InChI=1S/C10H10F3N3O3/c11-10(12,13)6-1-3-7(4-2-6)15-9(18)16-19-5-8(14)17/h1-4H,5H2,(H2,14,17)(H2,15,16,18). The third-order valence-electron chi connectivity index (χ3n) is 1.85. The summed E-state index contributed by atoms with van der Waals surface area (Å²) < 4.78 is 36.8. The number of amides is 3. The first-order valence-corrected chi connectivity index (χ1v) is 4.93. The van der Waals surface area contributed by atoms with Gasteiger partial charge in [0.1, 0.15) is 0 Å². The fourth-order valence-corrected chi connectivity index (χ4v) is 1.07. The fourth-order valence-electron chi connectivity index (χ4n) is 1.07. The maximum Gasteiger partial charge on any atom is 0.416 e.